The second kappa shape index (κ2) is 7.45. The minimum Gasteiger partial charge on any atom is -0.341 e. The second-order valence-electron chi connectivity index (χ2n) is 5.30. The first kappa shape index (κ1) is 17.5. The van der Waals surface area contributed by atoms with E-state index >= 15 is 0 Å². The highest BCUT2D eigenvalue weighted by Gasteiger charge is 2.29. The van der Waals surface area contributed by atoms with Gasteiger partial charge in [0, 0.05) is 32.6 Å². The first-order valence-electron chi connectivity index (χ1n) is 6.83. The number of rotatable bonds is 6. The lowest BCUT2D eigenvalue weighted by atomic mass is 10.1. The van der Waals surface area contributed by atoms with E-state index in [1.165, 1.54) is 17.0 Å². The number of alkyl halides is 3. The topological polar surface area (TPSA) is 32.3 Å². The second-order valence-corrected chi connectivity index (χ2v) is 5.30. The Morgan fingerprint density at radius 2 is 1.81 bits per heavy atom. The van der Waals surface area contributed by atoms with Crippen LogP contribution in [0.4, 0.5) is 13.2 Å². The quantitative estimate of drug-likeness (QED) is 0.876. The zero-order chi connectivity index (χ0) is 16.0. The molecular weight excluding hydrogens is 281 g/mol. The molecule has 6 heteroatoms. The largest absolute Gasteiger partial charge is 0.416 e. The Balaban J connectivity index is 2.50. The first-order valence-corrected chi connectivity index (χ1v) is 6.83. The Kier molecular flexibility index (Phi) is 6.20. The number of nitrogens with one attached hydrogen (secondary N) is 1. The van der Waals surface area contributed by atoms with E-state index in [-0.39, 0.29) is 5.91 Å². The van der Waals surface area contributed by atoms with Crippen LogP contribution >= 0.6 is 0 Å². The molecule has 3 nitrogen and oxygen atoms in total. The van der Waals surface area contributed by atoms with Gasteiger partial charge in [-0.3, -0.25) is 4.79 Å². The van der Waals surface area contributed by atoms with Crippen LogP contribution in [0.2, 0.25) is 0 Å². The Morgan fingerprint density at radius 1 is 1.24 bits per heavy atom. The van der Waals surface area contributed by atoms with E-state index in [0.29, 0.717) is 31.1 Å². The van der Waals surface area contributed by atoms with Crippen LogP contribution in [0, 0.1) is 0 Å². The number of hydrogen-bond acceptors (Lipinski definition) is 2. The molecule has 0 heterocycles. The predicted molar refractivity (Wildman–Crippen MR) is 75.7 cm³/mol. The van der Waals surface area contributed by atoms with Gasteiger partial charge in [-0.1, -0.05) is 26.0 Å². The Bertz CT molecular complexity index is 455. The van der Waals surface area contributed by atoms with E-state index in [0.717, 1.165) is 12.1 Å². The smallest absolute Gasteiger partial charge is 0.341 e. The van der Waals surface area contributed by atoms with Gasteiger partial charge in [0.2, 0.25) is 5.91 Å². The Labute approximate surface area is 123 Å². The zero-order valence-corrected chi connectivity index (χ0v) is 12.5. The fourth-order valence-electron chi connectivity index (χ4n) is 1.82. The van der Waals surface area contributed by atoms with Crippen LogP contribution in [0.5, 0.6) is 0 Å². The van der Waals surface area contributed by atoms with E-state index in [1.54, 1.807) is 7.05 Å². The van der Waals surface area contributed by atoms with Crippen molar-refractivity contribution >= 4 is 5.91 Å². The van der Waals surface area contributed by atoms with Gasteiger partial charge in [0.05, 0.1) is 5.56 Å². The van der Waals surface area contributed by atoms with Gasteiger partial charge in [-0.15, -0.1) is 0 Å². The average molecular weight is 302 g/mol. The summed E-state index contributed by atoms with van der Waals surface area (Å²) in [5.74, 6) is -0.0388. The molecule has 0 bridgehead atoms. The summed E-state index contributed by atoms with van der Waals surface area (Å²) in [5, 5.41) is 3.15. The molecule has 1 aromatic carbocycles. The SMILES string of the molecule is CC(C)NCCC(=O)N(C)Cc1ccc(C(F)(F)F)cc1. The highest BCUT2D eigenvalue weighted by molar-refractivity contribution is 5.76. The van der Waals surface area contributed by atoms with Crippen molar-refractivity contribution in [2.75, 3.05) is 13.6 Å². The third-order valence-electron chi connectivity index (χ3n) is 3.02. The van der Waals surface area contributed by atoms with Crippen LogP contribution in [0.15, 0.2) is 24.3 Å². The van der Waals surface area contributed by atoms with Crippen molar-refractivity contribution in [2.24, 2.45) is 0 Å². The third kappa shape index (κ3) is 6.16. The molecular formula is C15H21F3N2O. The summed E-state index contributed by atoms with van der Waals surface area (Å²) in [6.45, 7) is 4.89. The highest BCUT2D eigenvalue weighted by Crippen LogP contribution is 2.29. The van der Waals surface area contributed by atoms with Crippen LogP contribution in [0.3, 0.4) is 0 Å². The molecule has 0 atom stereocenters. The van der Waals surface area contributed by atoms with Crippen LogP contribution < -0.4 is 5.32 Å². The van der Waals surface area contributed by atoms with Gasteiger partial charge in [-0.05, 0) is 17.7 Å². The number of nitrogens with zero attached hydrogens (tertiary/aromatic N) is 1. The summed E-state index contributed by atoms with van der Waals surface area (Å²) < 4.78 is 37.3. The van der Waals surface area contributed by atoms with Gasteiger partial charge >= 0.3 is 6.18 Å². The standard InChI is InChI=1S/C15H21F3N2O/c1-11(2)19-9-8-14(21)20(3)10-12-4-6-13(7-5-12)15(16,17)18/h4-7,11,19H,8-10H2,1-3H3. The number of carbonyl (C=O) groups is 1. The minimum atomic E-state index is -4.33. The van der Waals surface area contributed by atoms with Crippen LogP contribution in [0.25, 0.3) is 0 Å². The molecule has 0 unspecified atom stereocenters. The summed E-state index contributed by atoms with van der Waals surface area (Å²) in [6, 6.07) is 5.19. The van der Waals surface area contributed by atoms with Gasteiger partial charge in [-0.2, -0.15) is 13.2 Å². The molecule has 0 spiro atoms. The summed E-state index contributed by atoms with van der Waals surface area (Å²) in [4.78, 5) is 13.4. The lowest BCUT2D eigenvalue weighted by Crippen LogP contribution is -2.31. The highest BCUT2D eigenvalue weighted by atomic mass is 19.4. The van der Waals surface area contributed by atoms with Crippen molar-refractivity contribution in [1.29, 1.82) is 0 Å². The van der Waals surface area contributed by atoms with Gasteiger partial charge in [0.15, 0.2) is 0 Å². The number of hydrogen-bond donors (Lipinski definition) is 1. The fraction of sp³-hybridized carbons (Fsp3) is 0.533. The van der Waals surface area contributed by atoms with Crippen molar-refractivity contribution in [3.8, 4) is 0 Å². The predicted octanol–water partition coefficient (Wildman–Crippen LogP) is 3.05. The van der Waals surface area contributed by atoms with Gasteiger partial charge in [0.25, 0.3) is 0 Å². The maximum atomic E-state index is 12.4. The van der Waals surface area contributed by atoms with Gasteiger partial charge < -0.3 is 10.2 Å². The molecule has 1 aromatic rings. The van der Waals surface area contributed by atoms with Crippen molar-refractivity contribution in [3.63, 3.8) is 0 Å². The van der Waals surface area contributed by atoms with Crippen LogP contribution in [-0.4, -0.2) is 30.4 Å². The van der Waals surface area contributed by atoms with Crippen molar-refractivity contribution < 1.29 is 18.0 Å². The minimum absolute atomic E-state index is 0.0388. The summed E-state index contributed by atoms with van der Waals surface area (Å²) in [5.41, 5.74) is -0.00275. The molecule has 1 amide bonds. The monoisotopic (exact) mass is 302 g/mol. The number of benzene rings is 1. The van der Waals surface area contributed by atoms with Crippen LogP contribution in [-0.2, 0) is 17.5 Å². The maximum absolute atomic E-state index is 12.4. The molecule has 0 radical (unpaired) electrons. The Morgan fingerprint density at radius 3 is 2.29 bits per heavy atom. The molecule has 0 saturated heterocycles. The van der Waals surface area contributed by atoms with Crippen molar-refractivity contribution in [2.45, 2.75) is 39.0 Å². The third-order valence-corrected chi connectivity index (χ3v) is 3.02. The lowest BCUT2D eigenvalue weighted by Gasteiger charge is -2.18. The fourth-order valence-corrected chi connectivity index (χ4v) is 1.82. The van der Waals surface area contributed by atoms with E-state index in [1.807, 2.05) is 13.8 Å². The molecule has 118 valence electrons. The molecule has 0 saturated carbocycles. The molecule has 0 fully saturated rings. The van der Waals surface area contributed by atoms with Crippen molar-refractivity contribution in [3.05, 3.63) is 35.4 Å². The first-order chi connectivity index (χ1) is 9.70. The van der Waals surface area contributed by atoms with Gasteiger partial charge in [-0.25, -0.2) is 0 Å². The van der Waals surface area contributed by atoms with Crippen molar-refractivity contribution in [1.82, 2.24) is 10.2 Å². The van der Waals surface area contributed by atoms with Crippen LogP contribution in [0.1, 0.15) is 31.4 Å². The van der Waals surface area contributed by atoms with E-state index in [9.17, 15) is 18.0 Å². The molecule has 0 aromatic heterocycles. The molecule has 21 heavy (non-hydrogen) atoms. The molecule has 0 aliphatic heterocycles. The number of amides is 1. The van der Waals surface area contributed by atoms with E-state index in [4.69, 9.17) is 0 Å². The maximum Gasteiger partial charge on any atom is 0.416 e. The molecule has 1 rings (SSSR count). The van der Waals surface area contributed by atoms with E-state index in [2.05, 4.69) is 5.32 Å². The van der Waals surface area contributed by atoms with E-state index < -0.39 is 11.7 Å². The molecule has 1 N–H and O–H groups in total. The lowest BCUT2D eigenvalue weighted by molar-refractivity contribution is -0.137. The molecule has 0 aliphatic carbocycles. The number of halogens is 3. The normalized spacial score (nSPS) is 11.8. The summed E-state index contributed by atoms with van der Waals surface area (Å²) in [7, 11) is 1.65. The summed E-state index contributed by atoms with van der Waals surface area (Å²) in [6.07, 6.45) is -3.96. The zero-order valence-electron chi connectivity index (χ0n) is 12.5. The van der Waals surface area contributed by atoms with Gasteiger partial charge in [0.1, 0.15) is 0 Å². The number of carbonyl (C=O) groups excluding carboxylic acids is 1. The summed E-state index contributed by atoms with van der Waals surface area (Å²) >= 11 is 0. The molecule has 0 aliphatic rings. The average Bonchev–Trinajstić information content (AvgIpc) is 2.37. The Hall–Kier alpha value is -1.56.